The molecule has 1 aromatic rings. The molecule has 0 aliphatic carbocycles. The molecule has 2 fully saturated rings. The zero-order valence-electron chi connectivity index (χ0n) is 13.0. The first kappa shape index (κ1) is 14.5. The molecule has 3 heterocycles. The van der Waals surface area contributed by atoms with Crippen LogP contribution in [0.15, 0.2) is 6.20 Å². The van der Waals surface area contributed by atoms with Gasteiger partial charge in [0.25, 0.3) is 0 Å². The van der Waals surface area contributed by atoms with E-state index in [9.17, 15) is 4.79 Å². The Bertz CT molecular complexity index is 506. The van der Waals surface area contributed by atoms with Crippen LogP contribution in [-0.2, 0) is 18.4 Å². The van der Waals surface area contributed by atoms with E-state index in [1.807, 2.05) is 22.8 Å². The van der Waals surface area contributed by atoms with E-state index in [0.717, 1.165) is 52.1 Å². The third-order valence-corrected chi connectivity index (χ3v) is 4.79. The summed E-state index contributed by atoms with van der Waals surface area (Å²) in [5.41, 5.74) is 2.42. The smallest absolute Gasteiger partial charge is 0.240 e. The molecule has 1 atom stereocenters. The molecule has 1 N–H and O–H groups in total. The number of carbonyl (C=O) groups excluding carboxylic acids is 1. The van der Waals surface area contributed by atoms with Crippen molar-refractivity contribution in [3.8, 4) is 0 Å². The van der Waals surface area contributed by atoms with Crippen molar-refractivity contribution in [1.29, 1.82) is 0 Å². The maximum absolute atomic E-state index is 12.7. The number of aryl methyl sites for hydroxylation is 1. The van der Waals surface area contributed by atoms with Crippen molar-refractivity contribution in [1.82, 2.24) is 24.9 Å². The third-order valence-electron chi connectivity index (χ3n) is 4.79. The van der Waals surface area contributed by atoms with E-state index in [1.54, 1.807) is 0 Å². The number of likely N-dealkylation sites (tertiary alicyclic amines) is 1. The zero-order valence-corrected chi connectivity index (χ0v) is 13.0. The minimum absolute atomic E-state index is 0.0581. The lowest BCUT2D eigenvalue weighted by Crippen LogP contribution is -2.52. The van der Waals surface area contributed by atoms with Gasteiger partial charge in [-0.15, -0.1) is 0 Å². The third kappa shape index (κ3) is 2.96. The van der Waals surface area contributed by atoms with E-state index in [2.05, 4.69) is 22.2 Å². The van der Waals surface area contributed by atoms with Gasteiger partial charge < -0.3 is 10.2 Å². The number of nitrogens with one attached hydrogen (secondary N) is 1. The quantitative estimate of drug-likeness (QED) is 0.860. The van der Waals surface area contributed by atoms with Crippen LogP contribution in [-0.4, -0.2) is 64.3 Å². The minimum Gasteiger partial charge on any atom is -0.339 e. The average Bonchev–Trinajstić information content (AvgIpc) is 3.10. The highest BCUT2D eigenvalue weighted by atomic mass is 16.2. The molecule has 0 bridgehead atoms. The number of nitrogens with zero attached hydrogens (tertiary/aromatic N) is 4. The summed E-state index contributed by atoms with van der Waals surface area (Å²) >= 11 is 0. The van der Waals surface area contributed by atoms with E-state index < -0.39 is 0 Å². The predicted octanol–water partition coefficient (Wildman–Crippen LogP) is 0.125. The van der Waals surface area contributed by atoms with E-state index in [4.69, 9.17) is 0 Å². The van der Waals surface area contributed by atoms with Crippen LogP contribution < -0.4 is 5.32 Å². The van der Waals surface area contributed by atoms with Crippen molar-refractivity contribution in [3.63, 3.8) is 0 Å². The van der Waals surface area contributed by atoms with Gasteiger partial charge >= 0.3 is 0 Å². The van der Waals surface area contributed by atoms with Crippen LogP contribution in [0.2, 0.25) is 0 Å². The number of rotatable bonds is 3. The first-order chi connectivity index (χ1) is 10.2. The van der Waals surface area contributed by atoms with Crippen molar-refractivity contribution < 1.29 is 4.79 Å². The van der Waals surface area contributed by atoms with Crippen LogP contribution in [0.4, 0.5) is 0 Å². The zero-order chi connectivity index (χ0) is 14.8. The number of carbonyl (C=O) groups is 1. The molecule has 1 unspecified atom stereocenters. The molecule has 21 heavy (non-hydrogen) atoms. The Morgan fingerprint density at radius 1 is 1.38 bits per heavy atom. The molecule has 0 spiro atoms. The Kier molecular flexibility index (Phi) is 4.26. The molecule has 116 valence electrons. The first-order valence-corrected chi connectivity index (χ1v) is 7.88. The van der Waals surface area contributed by atoms with Crippen molar-refractivity contribution in [2.45, 2.75) is 32.4 Å². The second-order valence-corrected chi connectivity index (χ2v) is 6.08. The first-order valence-electron chi connectivity index (χ1n) is 7.88. The average molecular weight is 291 g/mol. The van der Waals surface area contributed by atoms with Gasteiger partial charge in [0, 0.05) is 51.0 Å². The van der Waals surface area contributed by atoms with Crippen LogP contribution in [0.5, 0.6) is 0 Å². The van der Waals surface area contributed by atoms with Gasteiger partial charge in [-0.25, -0.2) is 0 Å². The Balaban J connectivity index is 1.67. The fourth-order valence-electron chi connectivity index (χ4n) is 3.31. The summed E-state index contributed by atoms with van der Waals surface area (Å²) < 4.78 is 1.90. The highest BCUT2D eigenvalue weighted by Gasteiger charge is 2.34. The molecule has 3 rings (SSSR count). The molecular formula is C15H25N5O. The predicted molar refractivity (Wildman–Crippen MR) is 80.8 cm³/mol. The number of piperazine rings is 1. The Morgan fingerprint density at radius 2 is 2.14 bits per heavy atom. The van der Waals surface area contributed by atoms with Gasteiger partial charge in [-0.1, -0.05) is 0 Å². The van der Waals surface area contributed by atoms with E-state index in [1.165, 1.54) is 11.3 Å². The number of amides is 1. The second-order valence-electron chi connectivity index (χ2n) is 6.08. The lowest BCUT2D eigenvalue weighted by molar-refractivity contribution is -0.136. The monoisotopic (exact) mass is 291 g/mol. The van der Waals surface area contributed by atoms with Crippen LogP contribution in [0, 0.1) is 6.92 Å². The van der Waals surface area contributed by atoms with Crippen molar-refractivity contribution in [3.05, 3.63) is 17.5 Å². The van der Waals surface area contributed by atoms with Crippen LogP contribution in [0.1, 0.15) is 24.1 Å². The summed E-state index contributed by atoms with van der Waals surface area (Å²) in [7, 11) is 1.96. The fourth-order valence-corrected chi connectivity index (χ4v) is 3.31. The van der Waals surface area contributed by atoms with E-state index in [0.29, 0.717) is 5.91 Å². The highest BCUT2D eigenvalue weighted by molar-refractivity contribution is 5.82. The summed E-state index contributed by atoms with van der Waals surface area (Å²) in [5.74, 6) is 0.315. The number of aromatic nitrogens is 2. The largest absolute Gasteiger partial charge is 0.339 e. The van der Waals surface area contributed by atoms with Crippen LogP contribution in [0.3, 0.4) is 0 Å². The summed E-state index contributed by atoms with van der Waals surface area (Å²) in [6.07, 6.45) is 4.03. The Labute approximate surface area is 126 Å². The van der Waals surface area contributed by atoms with Gasteiger partial charge in [-0.2, -0.15) is 5.10 Å². The fraction of sp³-hybridized carbons (Fsp3) is 0.733. The molecule has 0 saturated carbocycles. The summed E-state index contributed by atoms with van der Waals surface area (Å²) in [4.78, 5) is 17.1. The normalized spacial score (nSPS) is 23.7. The van der Waals surface area contributed by atoms with E-state index in [-0.39, 0.29) is 6.04 Å². The standard InChI is InChI=1S/C15H25N5O/c1-12-13(10-17-18(12)2)11-20-7-3-4-14(20)15(21)19-8-5-16-6-9-19/h10,14,16H,3-9,11H2,1-2H3. The van der Waals surface area contributed by atoms with Crippen molar-refractivity contribution >= 4 is 5.91 Å². The lowest BCUT2D eigenvalue weighted by Gasteiger charge is -2.32. The molecule has 1 amide bonds. The molecule has 0 radical (unpaired) electrons. The molecule has 1 aromatic heterocycles. The summed E-state index contributed by atoms with van der Waals surface area (Å²) in [5, 5.41) is 7.61. The molecule has 0 aromatic carbocycles. The highest BCUT2D eigenvalue weighted by Crippen LogP contribution is 2.23. The van der Waals surface area contributed by atoms with Crippen LogP contribution >= 0.6 is 0 Å². The SMILES string of the molecule is Cc1c(CN2CCCC2C(=O)N2CCNCC2)cnn1C. The summed E-state index contributed by atoms with van der Waals surface area (Å²) in [6.45, 7) is 7.45. The van der Waals surface area contributed by atoms with Gasteiger partial charge in [0.1, 0.15) is 0 Å². The number of hydrogen-bond acceptors (Lipinski definition) is 4. The molecule has 6 nitrogen and oxygen atoms in total. The van der Waals surface area contributed by atoms with Crippen molar-refractivity contribution in [2.24, 2.45) is 7.05 Å². The molecule has 2 aliphatic rings. The Hall–Kier alpha value is -1.40. The number of hydrogen-bond donors (Lipinski definition) is 1. The second kappa shape index (κ2) is 6.15. The van der Waals surface area contributed by atoms with Gasteiger partial charge in [-0.3, -0.25) is 14.4 Å². The molecule has 6 heteroatoms. The lowest BCUT2D eigenvalue weighted by atomic mass is 10.1. The maximum Gasteiger partial charge on any atom is 0.240 e. The van der Waals surface area contributed by atoms with Crippen LogP contribution in [0.25, 0.3) is 0 Å². The van der Waals surface area contributed by atoms with Gasteiger partial charge in [-0.05, 0) is 26.3 Å². The van der Waals surface area contributed by atoms with Gasteiger partial charge in [0.05, 0.1) is 12.2 Å². The summed E-state index contributed by atoms with van der Waals surface area (Å²) in [6, 6.07) is 0.0581. The van der Waals surface area contributed by atoms with E-state index >= 15 is 0 Å². The maximum atomic E-state index is 12.7. The minimum atomic E-state index is 0.0581. The molecular weight excluding hydrogens is 266 g/mol. The molecule has 2 aliphatic heterocycles. The topological polar surface area (TPSA) is 53.4 Å². The molecule has 2 saturated heterocycles. The van der Waals surface area contributed by atoms with Gasteiger partial charge in [0.15, 0.2) is 0 Å². The van der Waals surface area contributed by atoms with Crippen molar-refractivity contribution in [2.75, 3.05) is 32.7 Å². The van der Waals surface area contributed by atoms with Gasteiger partial charge in [0.2, 0.25) is 5.91 Å². The Morgan fingerprint density at radius 3 is 2.81 bits per heavy atom.